The highest BCUT2D eigenvalue weighted by atomic mass is 35.5. The fraction of sp³-hybridized carbons (Fsp3) is 0.889. The second-order valence-corrected chi connectivity index (χ2v) is 4.44. The van der Waals surface area contributed by atoms with Crippen LogP contribution in [0.2, 0.25) is 0 Å². The van der Waals surface area contributed by atoms with E-state index in [0.717, 1.165) is 4.90 Å². The molecule has 1 aliphatic heterocycles. The lowest BCUT2D eigenvalue weighted by Crippen LogP contribution is -2.48. The van der Waals surface area contributed by atoms with Gasteiger partial charge in [-0.3, -0.25) is 4.79 Å². The molecule has 0 bridgehead atoms. The van der Waals surface area contributed by atoms with Crippen molar-refractivity contribution in [2.45, 2.75) is 36.9 Å². The minimum atomic E-state index is -4.71. The standard InChI is InChI=1S/C9H13ClF3NO2/c1-2-6(10)7(15)14-4-3-8(16,5-14)9(11,12)13/h6,16H,2-5H2,1H3. The maximum atomic E-state index is 12.4. The number of amides is 1. The quantitative estimate of drug-likeness (QED) is 0.764. The lowest BCUT2D eigenvalue weighted by atomic mass is 10.0. The molecule has 94 valence electrons. The summed E-state index contributed by atoms with van der Waals surface area (Å²) >= 11 is 5.65. The second kappa shape index (κ2) is 4.41. The normalized spacial score (nSPS) is 28.2. The zero-order valence-electron chi connectivity index (χ0n) is 8.72. The molecule has 7 heteroatoms. The smallest absolute Gasteiger partial charge is 0.379 e. The van der Waals surface area contributed by atoms with Crippen LogP contribution in [0, 0.1) is 0 Å². The van der Waals surface area contributed by atoms with Gasteiger partial charge in [0.2, 0.25) is 5.91 Å². The van der Waals surface area contributed by atoms with Gasteiger partial charge in [-0.2, -0.15) is 13.2 Å². The third-order valence-corrected chi connectivity index (χ3v) is 3.21. The fourth-order valence-corrected chi connectivity index (χ4v) is 1.72. The van der Waals surface area contributed by atoms with Crippen LogP contribution >= 0.6 is 11.6 Å². The van der Waals surface area contributed by atoms with Gasteiger partial charge >= 0.3 is 6.18 Å². The van der Waals surface area contributed by atoms with Crippen LogP contribution in [-0.4, -0.2) is 46.2 Å². The topological polar surface area (TPSA) is 40.5 Å². The highest BCUT2D eigenvalue weighted by Crippen LogP contribution is 2.37. The van der Waals surface area contributed by atoms with E-state index in [1.165, 1.54) is 0 Å². The van der Waals surface area contributed by atoms with Crippen molar-refractivity contribution in [3.63, 3.8) is 0 Å². The Hall–Kier alpha value is -0.490. The molecule has 1 amide bonds. The SMILES string of the molecule is CCC(Cl)C(=O)N1CCC(O)(C(F)(F)F)C1. The summed E-state index contributed by atoms with van der Waals surface area (Å²) in [7, 11) is 0. The molecule has 0 aliphatic carbocycles. The Morgan fingerprint density at radius 3 is 2.56 bits per heavy atom. The molecule has 16 heavy (non-hydrogen) atoms. The summed E-state index contributed by atoms with van der Waals surface area (Å²) in [6, 6.07) is 0. The van der Waals surface area contributed by atoms with E-state index in [9.17, 15) is 23.1 Å². The Kier molecular flexibility index (Phi) is 3.74. The Morgan fingerprint density at radius 2 is 2.19 bits per heavy atom. The molecule has 1 N–H and O–H groups in total. The van der Waals surface area contributed by atoms with Gasteiger partial charge in [-0.05, 0) is 6.42 Å². The predicted octanol–water partition coefficient (Wildman–Crippen LogP) is 1.53. The summed E-state index contributed by atoms with van der Waals surface area (Å²) in [6.07, 6.45) is -4.85. The third-order valence-electron chi connectivity index (χ3n) is 2.71. The molecule has 2 atom stereocenters. The van der Waals surface area contributed by atoms with Crippen LogP contribution < -0.4 is 0 Å². The summed E-state index contributed by atoms with van der Waals surface area (Å²) in [5.41, 5.74) is -2.78. The molecular weight excluding hydrogens is 247 g/mol. The number of hydrogen-bond acceptors (Lipinski definition) is 2. The molecule has 1 fully saturated rings. The van der Waals surface area contributed by atoms with Crippen LogP contribution in [0.15, 0.2) is 0 Å². The van der Waals surface area contributed by atoms with Crippen molar-refractivity contribution in [1.29, 1.82) is 0 Å². The lowest BCUT2D eigenvalue weighted by molar-refractivity contribution is -0.253. The first kappa shape index (κ1) is 13.6. The predicted molar refractivity (Wildman–Crippen MR) is 52.1 cm³/mol. The molecular formula is C9H13ClF3NO2. The Morgan fingerprint density at radius 1 is 1.62 bits per heavy atom. The highest BCUT2D eigenvalue weighted by molar-refractivity contribution is 6.30. The number of hydrogen-bond donors (Lipinski definition) is 1. The molecule has 0 radical (unpaired) electrons. The van der Waals surface area contributed by atoms with Crippen molar-refractivity contribution in [2.75, 3.05) is 13.1 Å². The first-order valence-electron chi connectivity index (χ1n) is 4.93. The van der Waals surface area contributed by atoms with Crippen molar-refractivity contribution < 1.29 is 23.1 Å². The van der Waals surface area contributed by atoms with E-state index in [0.29, 0.717) is 6.42 Å². The summed E-state index contributed by atoms with van der Waals surface area (Å²) < 4.78 is 37.3. The largest absolute Gasteiger partial charge is 0.419 e. The van der Waals surface area contributed by atoms with Gasteiger partial charge in [0.25, 0.3) is 0 Å². The molecule has 0 aromatic heterocycles. The monoisotopic (exact) mass is 259 g/mol. The van der Waals surface area contributed by atoms with E-state index in [1.807, 2.05) is 0 Å². The fourth-order valence-electron chi connectivity index (χ4n) is 1.59. The van der Waals surface area contributed by atoms with Crippen LogP contribution in [-0.2, 0) is 4.79 Å². The van der Waals surface area contributed by atoms with Crippen molar-refractivity contribution in [3.05, 3.63) is 0 Å². The molecule has 1 rings (SSSR count). The van der Waals surface area contributed by atoms with Gasteiger partial charge in [0.15, 0.2) is 5.60 Å². The van der Waals surface area contributed by atoms with Gasteiger partial charge in [0.05, 0.1) is 6.54 Å². The number of rotatable bonds is 2. The highest BCUT2D eigenvalue weighted by Gasteiger charge is 2.57. The third kappa shape index (κ3) is 2.43. The molecule has 0 aromatic carbocycles. The van der Waals surface area contributed by atoms with E-state index in [-0.39, 0.29) is 6.54 Å². The zero-order chi connectivity index (χ0) is 12.6. The number of likely N-dealkylation sites (tertiary alicyclic amines) is 1. The van der Waals surface area contributed by atoms with Crippen LogP contribution in [0.25, 0.3) is 0 Å². The lowest BCUT2D eigenvalue weighted by Gasteiger charge is -2.26. The van der Waals surface area contributed by atoms with E-state index >= 15 is 0 Å². The van der Waals surface area contributed by atoms with Crippen molar-refractivity contribution >= 4 is 17.5 Å². The second-order valence-electron chi connectivity index (χ2n) is 3.91. The molecule has 1 heterocycles. The van der Waals surface area contributed by atoms with Crippen molar-refractivity contribution in [1.82, 2.24) is 4.90 Å². The molecule has 0 aromatic rings. The number of nitrogens with zero attached hydrogens (tertiary/aromatic N) is 1. The van der Waals surface area contributed by atoms with Crippen LogP contribution in [0.1, 0.15) is 19.8 Å². The van der Waals surface area contributed by atoms with Crippen molar-refractivity contribution in [3.8, 4) is 0 Å². The van der Waals surface area contributed by atoms with Gasteiger partial charge in [0, 0.05) is 13.0 Å². The number of alkyl halides is 4. The van der Waals surface area contributed by atoms with Crippen molar-refractivity contribution in [2.24, 2.45) is 0 Å². The van der Waals surface area contributed by atoms with Crippen LogP contribution in [0.4, 0.5) is 13.2 Å². The Balaban J connectivity index is 2.69. The number of halogens is 4. The minimum absolute atomic E-state index is 0.113. The van der Waals surface area contributed by atoms with Crippen LogP contribution in [0.3, 0.4) is 0 Å². The summed E-state index contributed by atoms with van der Waals surface area (Å²) in [6.45, 7) is 0.832. The molecule has 0 spiro atoms. The summed E-state index contributed by atoms with van der Waals surface area (Å²) in [5.74, 6) is -0.552. The number of β-amino-alcohol motifs (C(OH)–C–C–N with tert-alkyl or cyclic N) is 1. The van der Waals surface area contributed by atoms with Gasteiger partial charge in [-0.15, -0.1) is 11.6 Å². The van der Waals surface area contributed by atoms with Crippen LogP contribution in [0.5, 0.6) is 0 Å². The van der Waals surface area contributed by atoms with E-state index in [2.05, 4.69) is 0 Å². The van der Waals surface area contributed by atoms with Gasteiger partial charge in [0.1, 0.15) is 5.38 Å². The summed E-state index contributed by atoms with van der Waals surface area (Å²) in [4.78, 5) is 12.5. The molecule has 3 nitrogen and oxygen atoms in total. The van der Waals surface area contributed by atoms with Gasteiger partial charge in [-0.1, -0.05) is 6.92 Å². The number of carbonyl (C=O) groups is 1. The Bertz CT molecular complexity index is 284. The zero-order valence-corrected chi connectivity index (χ0v) is 9.48. The molecule has 2 unspecified atom stereocenters. The first-order chi connectivity index (χ1) is 7.21. The average Bonchev–Trinajstić information content (AvgIpc) is 2.59. The first-order valence-corrected chi connectivity index (χ1v) is 5.37. The molecule has 1 aliphatic rings. The van der Waals surface area contributed by atoms with E-state index in [1.54, 1.807) is 6.92 Å². The van der Waals surface area contributed by atoms with Gasteiger partial charge < -0.3 is 10.0 Å². The Labute approximate surface area is 96.2 Å². The van der Waals surface area contributed by atoms with E-state index < -0.39 is 36.0 Å². The summed E-state index contributed by atoms with van der Waals surface area (Å²) in [5, 5.41) is 8.52. The average molecular weight is 260 g/mol. The number of aliphatic hydroxyl groups is 1. The van der Waals surface area contributed by atoms with Gasteiger partial charge in [-0.25, -0.2) is 0 Å². The molecule has 0 saturated carbocycles. The minimum Gasteiger partial charge on any atom is -0.379 e. The van der Waals surface area contributed by atoms with E-state index in [4.69, 9.17) is 11.6 Å². The maximum Gasteiger partial charge on any atom is 0.419 e. The number of carbonyl (C=O) groups excluding carboxylic acids is 1. The molecule has 1 saturated heterocycles. The maximum absolute atomic E-state index is 12.4.